The summed E-state index contributed by atoms with van der Waals surface area (Å²) in [5, 5.41) is 11.2. The van der Waals surface area contributed by atoms with E-state index in [9.17, 15) is 14.9 Å². The highest BCUT2D eigenvalue weighted by molar-refractivity contribution is 6.30. The molecule has 0 unspecified atom stereocenters. The van der Waals surface area contributed by atoms with E-state index in [1.165, 1.54) is 24.3 Å². The second-order valence-electron chi connectivity index (χ2n) is 4.11. The van der Waals surface area contributed by atoms with Crippen LogP contribution in [0.2, 0.25) is 5.02 Å². The minimum Gasteiger partial charge on any atom is -0.423 e. The zero-order valence-electron chi connectivity index (χ0n) is 10.5. The fourth-order valence-electron chi connectivity index (χ4n) is 1.68. The third kappa shape index (κ3) is 3.13. The topological polar surface area (TPSA) is 69.4 Å². The number of nitro groups is 1. The lowest BCUT2D eigenvalue weighted by Gasteiger charge is -2.05. The van der Waals surface area contributed by atoms with Gasteiger partial charge < -0.3 is 4.74 Å². The molecule has 2 aromatic carbocycles. The van der Waals surface area contributed by atoms with Crippen LogP contribution in [0, 0.1) is 17.0 Å². The molecule has 0 bridgehead atoms. The number of benzene rings is 2. The number of nitrogens with zero attached hydrogens (tertiary/aromatic N) is 1. The van der Waals surface area contributed by atoms with Crippen LogP contribution in [-0.4, -0.2) is 10.9 Å². The monoisotopic (exact) mass is 291 g/mol. The number of halogens is 1. The van der Waals surface area contributed by atoms with Gasteiger partial charge >= 0.3 is 5.97 Å². The molecule has 0 amide bonds. The Kier molecular flexibility index (Phi) is 4.00. The second kappa shape index (κ2) is 5.71. The SMILES string of the molecule is Cc1cc(C(=O)Oc2cccc(Cl)c2)ccc1[N+](=O)[O-]. The number of esters is 1. The van der Waals surface area contributed by atoms with Gasteiger partial charge in [-0.1, -0.05) is 17.7 Å². The fourth-order valence-corrected chi connectivity index (χ4v) is 1.86. The van der Waals surface area contributed by atoms with Crippen molar-refractivity contribution in [1.82, 2.24) is 0 Å². The lowest BCUT2D eigenvalue weighted by molar-refractivity contribution is -0.385. The summed E-state index contributed by atoms with van der Waals surface area (Å²) < 4.78 is 5.14. The molecule has 20 heavy (non-hydrogen) atoms. The molecule has 0 fully saturated rings. The Morgan fingerprint density at radius 2 is 2.00 bits per heavy atom. The van der Waals surface area contributed by atoms with Crippen molar-refractivity contribution in [3.63, 3.8) is 0 Å². The van der Waals surface area contributed by atoms with Crippen LogP contribution in [0.4, 0.5) is 5.69 Å². The molecule has 6 heteroatoms. The molecule has 0 saturated heterocycles. The number of nitro benzene ring substituents is 1. The summed E-state index contributed by atoms with van der Waals surface area (Å²) in [5.41, 5.74) is 0.605. The summed E-state index contributed by atoms with van der Waals surface area (Å²) in [6.45, 7) is 1.56. The number of carbonyl (C=O) groups is 1. The van der Waals surface area contributed by atoms with Crippen LogP contribution in [0.1, 0.15) is 15.9 Å². The van der Waals surface area contributed by atoms with Gasteiger partial charge in [0.15, 0.2) is 0 Å². The summed E-state index contributed by atoms with van der Waals surface area (Å²) in [7, 11) is 0. The Morgan fingerprint density at radius 3 is 2.60 bits per heavy atom. The molecule has 0 aliphatic carbocycles. The predicted octanol–water partition coefficient (Wildman–Crippen LogP) is 3.78. The molecule has 0 atom stereocenters. The normalized spacial score (nSPS) is 10.1. The molecule has 0 N–H and O–H groups in total. The lowest BCUT2D eigenvalue weighted by atomic mass is 10.1. The third-order valence-corrected chi connectivity index (χ3v) is 2.87. The lowest BCUT2D eigenvalue weighted by Crippen LogP contribution is -2.09. The van der Waals surface area contributed by atoms with Gasteiger partial charge in [-0.15, -0.1) is 0 Å². The molecule has 0 aliphatic heterocycles. The van der Waals surface area contributed by atoms with E-state index < -0.39 is 10.9 Å². The quantitative estimate of drug-likeness (QED) is 0.373. The molecule has 0 aromatic heterocycles. The summed E-state index contributed by atoms with van der Waals surface area (Å²) in [6.07, 6.45) is 0. The fraction of sp³-hybridized carbons (Fsp3) is 0.0714. The number of hydrogen-bond acceptors (Lipinski definition) is 4. The highest BCUT2D eigenvalue weighted by Crippen LogP contribution is 2.21. The first-order chi connectivity index (χ1) is 9.47. The van der Waals surface area contributed by atoms with Crippen LogP contribution in [-0.2, 0) is 0 Å². The maximum absolute atomic E-state index is 11.9. The highest BCUT2D eigenvalue weighted by atomic mass is 35.5. The Balaban J connectivity index is 2.22. The van der Waals surface area contributed by atoms with Crippen molar-refractivity contribution in [2.75, 3.05) is 0 Å². The van der Waals surface area contributed by atoms with Crippen LogP contribution in [0.25, 0.3) is 0 Å². The predicted molar refractivity (Wildman–Crippen MR) is 74.2 cm³/mol. The number of ether oxygens (including phenoxy) is 1. The minimum atomic E-state index is -0.592. The van der Waals surface area contributed by atoms with Gasteiger partial charge in [0.1, 0.15) is 5.75 Å². The van der Waals surface area contributed by atoms with E-state index in [4.69, 9.17) is 16.3 Å². The Hall–Kier alpha value is -2.40. The zero-order valence-corrected chi connectivity index (χ0v) is 11.3. The van der Waals surface area contributed by atoms with Crippen molar-refractivity contribution in [3.8, 4) is 5.75 Å². The standard InChI is InChI=1S/C14H10ClNO4/c1-9-7-10(5-6-13(9)16(18)19)14(17)20-12-4-2-3-11(15)8-12/h2-8H,1H3. The van der Waals surface area contributed by atoms with E-state index in [0.29, 0.717) is 16.3 Å². The third-order valence-electron chi connectivity index (χ3n) is 2.64. The Bertz CT molecular complexity index is 685. The van der Waals surface area contributed by atoms with E-state index in [1.54, 1.807) is 25.1 Å². The molecule has 0 aliphatic rings. The molecular weight excluding hydrogens is 282 g/mol. The summed E-state index contributed by atoms with van der Waals surface area (Å²) in [5.74, 6) is -0.274. The molecule has 0 heterocycles. The highest BCUT2D eigenvalue weighted by Gasteiger charge is 2.15. The van der Waals surface area contributed by atoms with Crippen molar-refractivity contribution in [2.24, 2.45) is 0 Å². The molecule has 0 spiro atoms. The Morgan fingerprint density at radius 1 is 1.25 bits per heavy atom. The molecule has 0 saturated carbocycles. The molecular formula is C14H10ClNO4. The van der Waals surface area contributed by atoms with E-state index in [0.717, 1.165) is 0 Å². The number of aryl methyl sites for hydroxylation is 1. The van der Waals surface area contributed by atoms with Gasteiger partial charge in [-0.3, -0.25) is 10.1 Å². The van der Waals surface area contributed by atoms with Crippen LogP contribution in [0.5, 0.6) is 5.75 Å². The molecule has 2 aromatic rings. The van der Waals surface area contributed by atoms with Crippen molar-refractivity contribution in [3.05, 3.63) is 68.7 Å². The van der Waals surface area contributed by atoms with Gasteiger partial charge in [0, 0.05) is 16.7 Å². The molecule has 102 valence electrons. The minimum absolute atomic E-state index is 0.0377. The number of hydrogen-bond donors (Lipinski definition) is 0. The summed E-state index contributed by atoms with van der Waals surface area (Å²) in [4.78, 5) is 22.1. The van der Waals surface area contributed by atoms with Gasteiger partial charge in [0.2, 0.25) is 0 Å². The van der Waals surface area contributed by atoms with Crippen LogP contribution in [0.3, 0.4) is 0 Å². The van der Waals surface area contributed by atoms with Gasteiger partial charge in [-0.2, -0.15) is 0 Å². The van der Waals surface area contributed by atoms with Crippen molar-refractivity contribution in [2.45, 2.75) is 6.92 Å². The molecule has 0 radical (unpaired) electrons. The van der Waals surface area contributed by atoms with Crippen LogP contribution >= 0.6 is 11.6 Å². The van der Waals surface area contributed by atoms with E-state index in [-0.39, 0.29) is 11.3 Å². The first-order valence-corrected chi connectivity index (χ1v) is 6.08. The summed E-state index contributed by atoms with van der Waals surface area (Å²) in [6, 6.07) is 10.5. The van der Waals surface area contributed by atoms with E-state index in [1.807, 2.05) is 0 Å². The average molecular weight is 292 g/mol. The smallest absolute Gasteiger partial charge is 0.343 e. The van der Waals surface area contributed by atoms with Crippen molar-refractivity contribution < 1.29 is 14.5 Å². The summed E-state index contributed by atoms with van der Waals surface area (Å²) >= 11 is 5.79. The van der Waals surface area contributed by atoms with Crippen molar-refractivity contribution >= 4 is 23.3 Å². The number of carbonyl (C=O) groups excluding carboxylic acids is 1. The van der Waals surface area contributed by atoms with Crippen LogP contribution in [0.15, 0.2) is 42.5 Å². The van der Waals surface area contributed by atoms with E-state index >= 15 is 0 Å². The molecule has 5 nitrogen and oxygen atoms in total. The first kappa shape index (κ1) is 14.0. The zero-order chi connectivity index (χ0) is 14.7. The average Bonchev–Trinajstić information content (AvgIpc) is 2.38. The van der Waals surface area contributed by atoms with Gasteiger partial charge in [0.25, 0.3) is 5.69 Å². The van der Waals surface area contributed by atoms with Gasteiger partial charge in [-0.05, 0) is 37.3 Å². The maximum Gasteiger partial charge on any atom is 0.343 e. The second-order valence-corrected chi connectivity index (χ2v) is 4.54. The van der Waals surface area contributed by atoms with Crippen LogP contribution < -0.4 is 4.74 Å². The number of rotatable bonds is 3. The first-order valence-electron chi connectivity index (χ1n) is 5.70. The van der Waals surface area contributed by atoms with Crippen molar-refractivity contribution in [1.29, 1.82) is 0 Å². The molecule has 2 rings (SSSR count). The largest absolute Gasteiger partial charge is 0.423 e. The van der Waals surface area contributed by atoms with Gasteiger partial charge in [-0.25, -0.2) is 4.79 Å². The van der Waals surface area contributed by atoms with Gasteiger partial charge in [0.05, 0.1) is 10.5 Å². The maximum atomic E-state index is 11.9. The van der Waals surface area contributed by atoms with E-state index in [2.05, 4.69) is 0 Å². The Labute approximate surface area is 119 Å².